The van der Waals surface area contributed by atoms with E-state index < -0.39 is 0 Å². The molecule has 0 amide bonds. The van der Waals surface area contributed by atoms with E-state index >= 15 is 0 Å². The molecule has 0 saturated carbocycles. The summed E-state index contributed by atoms with van der Waals surface area (Å²) in [5, 5.41) is 3.24. The van der Waals surface area contributed by atoms with Crippen LogP contribution in [0.5, 0.6) is 0 Å². The maximum atomic E-state index is 13.9. The molecule has 1 aromatic heterocycles. The van der Waals surface area contributed by atoms with Crippen LogP contribution in [0.25, 0.3) is 16.7 Å². The average molecular weight is 269 g/mol. The molecular weight excluding hydrogens is 253 g/mol. The predicted molar refractivity (Wildman–Crippen MR) is 79.9 cm³/mol. The summed E-state index contributed by atoms with van der Waals surface area (Å²) in [4.78, 5) is 4.57. The van der Waals surface area contributed by atoms with Crippen LogP contribution in [0.2, 0.25) is 0 Å². The number of hydrogen-bond acceptors (Lipinski definition) is 2. The maximum absolute atomic E-state index is 13.9. The van der Waals surface area contributed by atoms with Crippen LogP contribution in [-0.4, -0.2) is 16.1 Å². The van der Waals surface area contributed by atoms with Crippen molar-refractivity contribution in [2.75, 3.05) is 11.9 Å². The van der Waals surface area contributed by atoms with E-state index in [2.05, 4.69) is 10.3 Å². The fraction of sp³-hybridized carbons (Fsp3) is 0.188. The summed E-state index contributed by atoms with van der Waals surface area (Å²) < 4.78 is 15.8. The quantitative estimate of drug-likeness (QED) is 0.781. The van der Waals surface area contributed by atoms with Crippen molar-refractivity contribution < 1.29 is 4.39 Å². The molecule has 1 heterocycles. The van der Waals surface area contributed by atoms with E-state index in [0.717, 1.165) is 29.2 Å². The Morgan fingerprint density at radius 3 is 2.60 bits per heavy atom. The van der Waals surface area contributed by atoms with E-state index in [4.69, 9.17) is 0 Å². The van der Waals surface area contributed by atoms with Gasteiger partial charge in [0.1, 0.15) is 5.82 Å². The molecule has 0 unspecified atom stereocenters. The number of para-hydroxylation sites is 1. The van der Waals surface area contributed by atoms with Crippen LogP contribution in [0.1, 0.15) is 12.5 Å². The van der Waals surface area contributed by atoms with E-state index in [1.165, 1.54) is 6.07 Å². The number of rotatable bonds is 3. The standard InChI is InChI=1S/C16H16FN3/c1-3-18-16-19-14-10-9-13(17)11(2)15(14)20(16)12-7-5-4-6-8-12/h4-10H,3H2,1-2H3,(H,18,19). The number of nitrogens with zero attached hydrogens (tertiary/aromatic N) is 2. The summed E-state index contributed by atoms with van der Waals surface area (Å²) in [6.07, 6.45) is 0. The van der Waals surface area contributed by atoms with Crippen molar-refractivity contribution in [1.29, 1.82) is 0 Å². The lowest BCUT2D eigenvalue weighted by Crippen LogP contribution is -2.05. The molecule has 0 radical (unpaired) electrons. The lowest BCUT2D eigenvalue weighted by Gasteiger charge is -2.11. The molecule has 0 spiro atoms. The molecular formula is C16H16FN3. The number of benzene rings is 2. The summed E-state index contributed by atoms with van der Waals surface area (Å²) in [7, 11) is 0. The number of nitrogens with one attached hydrogen (secondary N) is 1. The first-order valence-electron chi connectivity index (χ1n) is 6.69. The largest absolute Gasteiger partial charge is 0.356 e. The van der Waals surface area contributed by atoms with Gasteiger partial charge in [0, 0.05) is 17.8 Å². The van der Waals surface area contributed by atoms with Crippen LogP contribution in [0.15, 0.2) is 42.5 Å². The average Bonchev–Trinajstić information content (AvgIpc) is 2.83. The summed E-state index contributed by atoms with van der Waals surface area (Å²) in [6, 6.07) is 13.1. The van der Waals surface area contributed by atoms with Crippen molar-refractivity contribution in [2.24, 2.45) is 0 Å². The summed E-state index contributed by atoms with van der Waals surface area (Å²) in [5.74, 6) is 0.528. The Morgan fingerprint density at radius 1 is 1.15 bits per heavy atom. The molecule has 20 heavy (non-hydrogen) atoms. The molecule has 4 heteroatoms. The van der Waals surface area contributed by atoms with Crippen LogP contribution in [0.3, 0.4) is 0 Å². The van der Waals surface area contributed by atoms with Gasteiger partial charge < -0.3 is 5.32 Å². The second kappa shape index (κ2) is 4.96. The maximum Gasteiger partial charge on any atom is 0.208 e. The molecule has 3 rings (SSSR count). The smallest absolute Gasteiger partial charge is 0.208 e. The minimum atomic E-state index is -0.211. The third kappa shape index (κ3) is 1.93. The number of aryl methyl sites for hydroxylation is 1. The van der Waals surface area contributed by atoms with Crippen LogP contribution in [-0.2, 0) is 0 Å². The lowest BCUT2D eigenvalue weighted by molar-refractivity contribution is 0.620. The topological polar surface area (TPSA) is 29.9 Å². The van der Waals surface area contributed by atoms with E-state index in [1.54, 1.807) is 13.0 Å². The van der Waals surface area contributed by atoms with Crippen LogP contribution < -0.4 is 5.32 Å². The van der Waals surface area contributed by atoms with Crippen molar-refractivity contribution in [2.45, 2.75) is 13.8 Å². The van der Waals surface area contributed by atoms with Gasteiger partial charge in [-0.2, -0.15) is 0 Å². The SMILES string of the molecule is CCNc1nc2ccc(F)c(C)c2n1-c1ccccc1. The highest BCUT2D eigenvalue weighted by Crippen LogP contribution is 2.28. The molecule has 3 aromatic rings. The summed E-state index contributed by atoms with van der Waals surface area (Å²) >= 11 is 0. The molecule has 0 atom stereocenters. The van der Waals surface area contributed by atoms with Crippen LogP contribution >= 0.6 is 0 Å². The van der Waals surface area contributed by atoms with E-state index in [1.807, 2.05) is 41.8 Å². The Kier molecular flexibility index (Phi) is 3.14. The molecule has 2 aromatic carbocycles. The molecule has 0 bridgehead atoms. The zero-order valence-electron chi connectivity index (χ0n) is 11.5. The number of anilines is 1. The Morgan fingerprint density at radius 2 is 1.90 bits per heavy atom. The minimum absolute atomic E-state index is 0.211. The normalized spacial score (nSPS) is 10.9. The first-order chi connectivity index (χ1) is 9.72. The molecule has 0 saturated heterocycles. The number of aromatic nitrogens is 2. The Hall–Kier alpha value is -2.36. The molecule has 0 fully saturated rings. The van der Waals surface area contributed by atoms with E-state index in [0.29, 0.717) is 5.56 Å². The molecule has 102 valence electrons. The Bertz CT molecular complexity index is 747. The monoisotopic (exact) mass is 269 g/mol. The highest BCUT2D eigenvalue weighted by atomic mass is 19.1. The summed E-state index contributed by atoms with van der Waals surface area (Å²) in [6.45, 7) is 4.56. The second-order valence-electron chi connectivity index (χ2n) is 4.68. The molecule has 0 aliphatic heterocycles. The van der Waals surface area contributed by atoms with Crippen molar-refractivity contribution in [3.05, 3.63) is 53.8 Å². The van der Waals surface area contributed by atoms with Crippen molar-refractivity contribution in [1.82, 2.24) is 9.55 Å². The van der Waals surface area contributed by atoms with Gasteiger partial charge in [0.2, 0.25) is 5.95 Å². The molecule has 0 aliphatic rings. The minimum Gasteiger partial charge on any atom is -0.356 e. The lowest BCUT2D eigenvalue weighted by atomic mass is 10.2. The fourth-order valence-corrected chi connectivity index (χ4v) is 2.41. The first kappa shape index (κ1) is 12.7. The van der Waals surface area contributed by atoms with Gasteiger partial charge in [0.15, 0.2) is 0 Å². The van der Waals surface area contributed by atoms with Crippen molar-refractivity contribution >= 4 is 17.0 Å². The zero-order chi connectivity index (χ0) is 14.1. The van der Waals surface area contributed by atoms with Gasteiger partial charge in [0.05, 0.1) is 11.0 Å². The highest BCUT2D eigenvalue weighted by molar-refractivity contribution is 5.84. The fourth-order valence-electron chi connectivity index (χ4n) is 2.41. The van der Waals surface area contributed by atoms with Gasteiger partial charge in [0.25, 0.3) is 0 Å². The van der Waals surface area contributed by atoms with E-state index in [-0.39, 0.29) is 5.82 Å². The van der Waals surface area contributed by atoms with Crippen molar-refractivity contribution in [3.8, 4) is 5.69 Å². The zero-order valence-corrected chi connectivity index (χ0v) is 11.5. The van der Waals surface area contributed by atoms with Gasteiger partial charge in [-0.15, -0.1) is 0 Å². The van der Waals surface area contributed by atoms with Gasteiger partial charge in [-0.3, -0.25) is 4.57 Å². The third-order valence-corrected chi connectivity index (χ3v) is 3.35. The Labute approximate surface area is 117 Å². The number of fused-ring (bicyclic) bond motifs is 1. The Balaban J connectivity index is 2.37. The van der Waals surface area contributed by atoms with Crippen LogP contribution in [0, 0.1) is 12.7 Å². The van der Waals surface area contributed by atoms with Gasteiger partial charge in [-0.25, -0.2) is 9.37 Å². The number of halogens is 1. The molecule has 3 nitrogen and oxygen atoms in total. The van der Waals surface area contributed by atoms with Gasteiger partial charge in [-0.05, 0) is 38.1 Å². The molecule has 1 N–H and O–H groups in total. The molecule has 0 aliphatic carbocycles. The van der Waals surface area contributed by atoms with E-state index in [9.17, 15) is 4.39 Å². The second-order valence-corrected chi connectivity index (χ2v) is 4.68. The number of imidazole rings is 1. The summed E-state index contributed by atoms with van der Waals surface area (Å²) in [5.41, 5.74) is 3.19. The number of hydrogen-bond donors (Lipinski definition) is 1. The third-order valence-electron chi connectivity index (χ3n) is 3.35. The predicted octanol–water partition coefficient (Wildman–Crippen LogP) is 3.90. The first-order valence-corrected chi connectivity index (χ1v) is 6.69. The van der Waals surface area contributed by atoms with Crippen molar-refractivity contribution in [3.63, 3.8) is 0 Å². The highest BCUT2D eigenvalue weighted by Gasteiger charge is 2.15. The van der Waals surface area contributed by atoms with Gasteiger partial charge in [-0.1, -0.05) is 18.2 Å². The van der Waals surface area contributed by atoms with Crippen LogP contribution in [0.4, 0.5) is 10.3 Å². The van der Waals surface area contributed by atoms with Gasteiger partial charge >= 0.3 is 0 Å².